The van der Waals surface area contributed by atoms with Gasteiger partial charge in [-0.15, -0.1) is 0 Å². The fourth-order valence-electron chi connectivity index (χ4n) is 4.30. The molecule has 0 saturated carbocycles. The Morgan fingerprint density at radius 3 is 2.50 bits per heavy atom. The molecule has 1 aromatic rings. The Balaban J connectivity index is 1.47. The molecule has 0 spiro atoms. The van der Waals surface area contributed by atoms with Crippen molar-refractivity contribution < 1.29 is 19.3 Å². The highest BCUT2D eigenvalue weighted by Crippen LogP contribution is 2.29. The van der Waals surface area contributed by atoms with Crippen LogP contribution < -0.4 is 9.47 Å². The van der Waals surface area contributed by atoms with Gasteiger partial charge in [0.05, 0.1) is 7.11 Å². The molecule has 1 atom stereocenters. The Morgan fingerprint density at radius 1 is 1.13 bits per heavy atom. The first-order valence-corrected chi connectivity index (χ1v) is 11.3. The van der Waals surface area contributed by atoms with E-state index < -0.39 is 6.10 Å². The molecule has 2 heterocycles. The summed E-state index contributed by atoms with van der Waals surface area (Å²) in [4.78, 5) is 7.14. The number of ether oxygens (including phenoxy) is 3. The lowest BCUT2D eigenvalue weighted by Crippen LogP contribution is -2.49. The van der Waals surface area contributed by atoms with Crippen LogP contribution in [0.15, 0.2) is 18.2 Å². The molecule has 2 aliphatic heterocycles. The molecule has 0 aliphatic carbocycles. The third-order valence-electron chi connectivity index (χ3n) is 6.29. The summed E-state index contributed by atoms with van der Waals surface area (Å²) in [6, 6.07) is 6.65. The van der Waals surface area contributed by atoms with Crippen LogP contribution in [0.3, 0.4) is 0 Å². The zero-order valence-corrected chi connectivity index (χ0v) is 18.9. The van der Waals surface area contributed by atoms with E-state index in [9.17, 15) is 5.11 Å². The topological polar surface area (TPSA) is 57.6 Å². The number of likely N-dealkylation sites (N-methyl/N-ethyl adjacent to an activating group) is 1. The Bertz CT molecular complexity index is 631. The minimum atomic E-state index is -0.512. The maximum Gasteiger partial charge on any atom is 0.161 e. The van der Waals surface area contributed by atoms with E-state index in [1.165, 1.54) is 5.56 Å². The fourth-order valence-corrected chi connectivity index (χ4v) is 4.30. The molecular formula is C23H39N3O4. The second-order valence-corrected chi connectivity index (χ2v) is 8.44. The van der Waals surface area contributed by atoms with Crippen molar-refractivity contribution in [3.63, 3.8) is 0 Å². The Labute approximate surface area is 181 Å². The lowest BCUT2D eigenvalue weighted by molar-refractivity contribution is 0.0406. The minimum absolute atomic E-state index is 0.270. The van der Waals surface area contributed by atoms with Gasteiger partial charge in [-0.05, 0) is 44.1 Å². The number of aliphatic hydroxyl groups excluding tert-OH is 1. The number of hydrogen-bond donors (Lipinski definition) is 1. The van der Waals surface area contributed by atoms with Crippen LogP contribution in [0.2, 0.25) is 0 Å². The molecule has 0 unspecified atom stereocenters. The highest BCUT2D eigenvalue weighted by molar-refractivity contribution is 5.43. The first kappa shape index (κ1) is 23.3. The molecule has 3 rings (SSSR count). The SMILES string of the molecule is CCN1CCN(C[C@@H](O)COc2ccc(CN(C)C3CCOCC3)cc2OC)CC1. The van der Waals surface area contributed by atoms with Gasteiger partial charge in [0.15, 0.2) is 11.5 Å². The maximum atomic E-state index is 10.4. The van der Waals surface area contributed by atoms with Gasteiger partial charge in [-0.1, -0.05) is 13.0 Å². The molecule has 30 heavy (non-hydrogen) atoms. The molecule has 1 N–H and O–H groups in total. The molecule has 0 amide bonds. The van der Waals surface area contributed by atoms with Gasteiger partial charge < -0.3 is 24.2 Å². The molecule has 2 aliphatic rings. The molecule has 170 valence electrons. The van der Waals surface area contributed by atoms with Crippen molar-refractivity contribution in [3.05, 3.63) is 23.8 Å². The van der Waals surface area contributed by atoms with Crippen LogP contribution >= 0.6 is 0 Å². The maximum absolute atomic E-state index is 10.4. The Kier molecular flexibility index (Phi) is 9.21. The smallest absolute Gasteiger partial charge is 0.161 e. The fraction of sp³-hybridized carbons (Fsp3) is 0.739. The van der Waals surface area contributed by atoms with Crippen LogP contribution in [-0.2, 0) is 11.3 Å². The largest absolute Gasteiger partial charge is 0.493 e. The number of aliphatic hydroxyl groups is 1. The Morgan fingerprint density at radius 2 is 1.83 bits per heavy atom. The summed E-state index contributed by atoms with van der Waals surface area (Å²) in [5.41, 5.74) is 1.20. The van der Waals surface area contributed by atoms with Gasteiger partial charge >= 0.3 is 0 Å². The molecule has 7 heteroatoms. The van der Waals surface area contributed by atoms with E-state index in [2.05, 4.69) is 34.7 Å². The van der Waals surface area contributed by atoms with Crippen molar-refractivity contribution in [1.29, 1.82) is 0 Å². The molecule has 0 radical (unpaired) electrons. The molecule has 2 saturated heterocycles. The summed E-state index contributed by atoms with van der Waals surface area (Å²) in [6.07, 6.45) is 1.66. The lowest BCUT2D eigenvalue weighted by atomic mass is 10.1. The predicted octanol–water partition coefficient (Wildman–Crippen LogP) is 1.68. The molecule has 0 bridgehead atoms. The molecule has 2 fully saturated rings. The monoisotopic (exact) mass is 421 g/mol. The normalized spacial score (nSPS) is 20.4. The van der Waals surface area contributed by atoms with Crippen LogP contribution in [-0.4, -0.2) is 105 Å². The van der Waals surface area contributed by atoms with E-state index in [0.29, 0.717) is 18.3 Å². The van der Waals surface area contributed by atoms with Crippen molar-refractivity contribution in [1.82, 2.24) is 14.7 Å². The number of β-amino-alcohol motifs (C(OH)–C–C–N with tert-alkyl or cyclic N) is 1. The highest BCUT2D eigenvalue weighted by atomic mass is 16.5. The minimum Gasteiger partial charge on any atom is -0.493 e. The van der Waals surface area contributed by atoms with Crippen molar-refractivity contribution in [2.24, 2.45) is 0 Å². The summed E-state index contributed by atoms with van der Waals surface area (Å²) in [7, 11) is 3.83. The quantitative estimate of drug-likeness (QED) is 0.617. The predicted molar refractivity (Wildman–Crippen MR) is 118 cm³/mol. The van der Waals surface area contributed by atoms with Gasteiger partial charge in [-0.25, -0.2) is 0 Å². The molecule has 1 aromatic carbocycles. The van der Waals surface area contributed by atoms with Crippen molar-refractivity contribution in [2.75, 3.05) is 73.2 Å². The van der Waals surface area contributed by atoms with Gasteiger partial charge in [-0.3, -0.25) is 9.80 Å². The number of nitrogens with zero attached hydrogens (tertiary/aromatic N) is 3. The van der Waals surface area contributed by atoms with Gasteiger partial charge in [-0.2, -0.15) is 0 Å². The van der Waals surface area contributed by atoms with Gasteiger partial charge in [0.1, 0.15) is 12.7 Å². The molecule has 0 aromatic heterocycles. The van der Waals surface area contributed by atoms with Gasteiger partial charge in [0.25, 0.3) is 0 Å². The van der Waals surface area contributed by atoms with Crippen molar-refractivity contribution >= 4 is 0 Å². The molecular weight excluding hydrogens is 382 g/mol. The zero-order valence-electron chi connectivity index (χ0n) is 18.9. The lowest BCUT2D eigenvalue weighted by Gasteiger charge is -2.34. The summed E-state index contributed by atoms with van der Waals surface area (Å²) in [6.45, 7) is 10.9. The third-order valence-corrected chi connectivity index (χ3v) is 6.29. The molecule has 7 nitrogen and oxygen atoms in total. The van der Waals surface area contributed by atoms with Crippen LogP contribution in [0.25, 0.3) is 0 Å². The van der Waals surface area contributed by atoms with Crippen LogP contribution in [0.5, 0.6) is 11.5 Å². The average molecular weight is 422 g/mol. The van der Waals surface area contributed by atoms with Crippen LogP contribution in [0.1, 0.15) is 25.3 Å². The van der Waals surface area contributed by atoms with Gasteiger partial charge in [0.2, 0.25) is 0 Å². The second kappa shape index (κ2) is 11.9. The van der Waals surface area contributed by atoms with Crippen LogP contribution in [0.4, 0.5) is 0 Å². The summed E-state index contributed by atoms with van der Waals surface area (Å²) in [5, 5.41) is 10.4. The summed E-state index contributed by atoms with van der Waals surface area (Å²) >= 11 is 0. The third kappa shape index (κ3) is 6.82. The average Bonchev–Trinajstić information content (AvgIpc) is 2.79. The number of benzene rings is 1. The van der Waals surface area contributed by atoms with E-state index in [1.54, 1.807) is 7.11 Å². The van der Waals surface area contributed by atoms with E-state index in [1.807, 2.05) is 12.1 Å². The number of rotatable bonds is 10. The number of methoxy groups -OCH3 is 1. The standard InChI is InChI=1S/C23H39N3O4/c1-4-25-9-11-26(12-10-25)17-21(27)18-30-22-6-5-19(15-23(22)28-3)16-24(2)20-7-13-29-14-8-20/h5-6,15,20-21,27H,4,7-14,16-18H2,1-3H3/t21-/m1/s1. The van der Waals surface area contributed by atoms with E-state index >= 15 is 0 Å². The first-order chi connectivity index (χ1) is 14.6. The Hall–Kier alpha value is -1.38. The first-order valence-electron chi connectivity index (χ1n) is 11.3. The van der Waals surface area contributed by atoms with Crippen molar-refractivity contribution in [2.45, 2.75) is 38.5 Å². The van der Waals surface area contributed by atoms with Crippen molar-refractivity contribution in [3.8, 4) is 11.5 Å². The number of piperazine rings is 1. The van der Waals surface area contributed by atoms with Gasteiger partial charge in [0, 0.05) is 58.5 Å². The number of hydrogen-bond acceptors (Lipinski definition) is 7. The highest BCUT2D eigenvalue weighted by Gasteiger charge is 2.20. The van der Waals surface area contributed by atoms with Crippen LogP contribution in [0, 0.1) is 0 Å². The summed E-state index contributed by atoms with van der Waals surface area (Å²) < 4.78 is 16.9. The van der Waals surface area contributed by atoms with E-state index in [4.69, 9.17) is 14.2 Å². The second-order valence-electron chi connectivity index (χ2n) is 8.44. The van der Waals surface area contributed by atoms with E-state index in [0.717, 1.165) is 71.1 Å². The summed E-state index contributed by atoms with van der Waals surface area (Å²) in [5.74, 6) is 1.40. The van der Waals surface area contributed by atoms with E-state index in [-0.39, 0.29) is 6.61 Å². The zero-order chi connectivity index (χ0) is 21.3.